The molecule has 5 nitrogen and oxygen atoms in total. The molecule has 2 amide bonds. The summed E-state index contributed by atoms with van der Waals surface area (Å²) >= 11 is 0. The lowest BCUT2D eigenvalue weighted by molar-refractivity contribution is -0.130. The van der Waals surface area contributed by atoms with Gasteiger partial charge in [0.2, 0.25) is 5.91 Å². The first kappa shape index (κ1) is 16.5. The number of ether oxygens (including phenoxy) is 2. The maximum Gasteiger partial charge on any atom is 0.416 e. The van der Waals surface area contributed by atoms with Crippen LogP contribution >= 0.6 is 0 Å². The Morgan fingerprint density at radius 3 is 2.82 bits per heavy atom. The normalized spacial score (nSPS) is 17.6. The molecule has 0 N–H and O–H groups in total. The first-order chi connectivity index (χ1) is 10.7. The summed E-state index contributed by atoms with van der Waals surface area (Å²) in [6.45, 7) is 3.35. The lowest BCUT2D eigenvalue weighted by Gasteiger charge is -2.19. The van der Waals surface area contributed by atoms with Gasteiger partial charge < -0.3 is 9.47 Å². The Bertz CT molecular complexity index is 489. The van der Waals surface area contributed by atoms with E-state index in [0.29, 0.717) is 19.6 Å². The molecule has 0 unspecified atom stereocenters. The smallest absolute Gasteiger partial charge is 0.416 e. The lowest BCUT2D eigenvalue weighted by Crippen LogP contribution is -2.40. The van der Waals surface area contributed by atoms with E-state index in [1.54, 1.807) is 0 Å². The number of unbranched alkanes of at least 4 members (excludes halogenated alkanes) is 1. The van der Waals surface area contributed by atoms with Crippen molar-refractivity contribution in [1.82, 2.24) is 4.90 Å². The van der Waals surface area contributed by atoms with Crippen LogP contribution in [-0.4, -0.2) is 42.8 Å². The average molecular weight is 305 g/mol. The maximum absolute atomic E-state index is 12.2. The van der Waals surface area contributed by atoms with E-state index in [-0.39, 0.29) is 25.0 Å². The summed E-state index contributed by atoms with van der Waals surface area (Å²) in [4.78, 5) is 25.3. The maximum atomic E-state index is 12.2. The highest BCUT2D eigenvalue weighted by atomic mass is 16.6. The third-order valence-electron chi connectivity index (χ3n) is 3.65. The van der Waals surface area contributed by atoms with Crippen LogP contribution in [0.5, 0.6) is 0 Å². The van der Waals surface area contributed by atoms with Gasteiger partial charge in [-0.25, -0.2) is 9.69 Å². The summed E-state index contributed by atoms with van der Waals surface area (Å²) in [7, 11) is 0. The van der Waals surface area contributed by atoms with E-state index in [9.17, 15) is 9.59 Å². The molecule has 22 heavy (non-hydrogen) atoms. The van der Waals surface area contributed by atoms with Crippen LogP contribution in [0, 0.1) is 0 Å². The van der Waals surface area contributed by atoms with Gasteiger partial charge in [-0.1, -0.05) is 43.7 Å². The summed E-state index contributed by atoms with van der Waals surface area (Å²) < 4.78 is 10.4. The van der Waals surface area contributed by atoms with Crippen LogP contribution in [0.15, 0.2) is 30.3 Å². The molecule has 0 spiro atoms. The predicted octanol–water partition coefficient (Wildman–Crippen LogP) is 2.78. The number of hydrogen-bond acceptors (Lipinski definition) is 4. The quantitative estimate of drug-likeness (QED) is 0.693. The van der Waals surface area contributed by atoms with E-state index in [1.165, 1.54) is 4.90 Å². The second kappa shape index (κ2) is 8.54. The zero-order valence-corrected chi connectivity index (χ0v) is 13.0. The molecular formula is C17H23NO4. The molecule has 1 aliphatic rings. The molecule has 0 aliphatic carbocycles. The van der Waals surface area contributed by atoms with E-state index >= 15 is 0 Å². The number of carbonyl (C=O) groups is 2. The van der Waals surface area contributed by atoms with Crippen LogP contribution < -0.4 is 0 Å². The fourth-order valence-corrected chi connectivity index (χ4v) is 2.43. The zero-order valence-electron chi connectivity index (χ0n) is 13.0. The van der Waals surface area contributed by atoms with Crippen molar-refractivity contribution in [2.24, 2.45) is 0 Å². The molecule has 0 bridgehead atoms. The van der Waals surface area contributed by atoms with Gasteiger partial charge in [-0.05, 0) is 18.4 Å². The number of benzene rings is 1. The van der Waals surface area contributed by atoms with Crippen LogP contribution in [-0.2, 0) is 20.7 Å². The Hall–Kier alpha value is -1.88. The zero-order chi connectivity index (χ0) is 15.8. The fourth-order valence-electron chi connectivity index (χ4n) is 2.43. The van der Waals surface area contributed by atoms with Gasteiger partial charge in [0.25, 0.3) is 0 Å². The first-order valence-corrected chi connectivity index (χ1v) is 7.83. The van der Waals surface area contributed by atoms with Gasteiger partial charge in [0.05, 0.1) is 19.1 Å². The topological polar surface area (TPSA) is 55.8 Å². The number of carbonyl (C=O) groups excluding carboxylic acids is 2. The molecule has 120 valence electrons. The number of nitrogens with zero attached hydrogens (tertiary/aromatic N) is 1. The summed E-state index contributed by atoms with van der Waals surface area (Å²) in [5.41, 5.74) is 1.09. The molecule has 1 atom stereocenters. The van der Waals surface area contributed by atoms with Gasteiger partial charge in [-0.15, -0.1) is 0 Å². The fraction of sp³-hybridized carbons (Fsp3) is 0.529. The molecule has 5 heteroatoms. The molecule has 1 aliphatic heterocycles. The number of cyclic esters (lactones) is 1. The Kier molecular flexibility index (Phi) is 6.40. The van der Waals surface area contributed by atoms with Gasteiger partial charge >= 0.3 is 6.09 Å². The van der Waals surface area contributed by atoms with Crippen LogP contribution in [0.2, 0.25) is 0 Å². The molecule has 1 fully saturated rings. The lowest BCUT2D eigenvalue weighted by atomic mass is 10.1. The van der Waals surface area contributed by atoms with E-state index in [2.05, 4.69) is 6.92 Å². The minimum Gasteiger partial charge on any atom is -0.447 e. The molecular weight excluding hydrogens is 282 g/mol. The van der Waals surface area contributed by atoms with Crippen LogP contribution in [0.4, 0.5) is 4.79 Å². The summed E-state index contributed by atoms with van der Waals surface area (Å²) in [5, 5.41) is 0. The number of amides is 2. The highest BCUT2D eigenvalue weighted by Crippen LogP contribution is 2.18. The third kappa shape index (κ3) is 4.56. The van der Waals surface area contributed by atoms with Crippen molar-refractivity contribution < 1.29 is 19.1 Å². The molecule has 0 aromatic heterocycles. The molecule has 0 saturated carbocycles. The number of imide groups is 1. The van der Waals surface area contributed by atoms with Crippen molar-refractivity contribution in [3.05, 3.63) is 35.9 Å². The molecule has 2 rings (SSSR count). The van der Waals surface area contributed by atoms with Gasteiger partial charge in [-0.2, -0.15) is 0 Å². The Balaban J connectivity index is 1.86. The second-order valence-electron chi connectivity index (χ2n) is 5.40. The van der Waals surface area contributed by atoms with Crippen molar-refractivity contribution in [3.63, 3.8) is 0 Å². The minimum atomic E-state index is -0.542. The van der Waals surface area contributed by atoms with Crippen molar-refractivity contribution in [3.8, 4) is 0 Å². The van der Waals surface area contributed by atoms with Crippen molar-refractivity contribution in [2.75, 3.05) is 19.8 Å². The predicted molar refractivity (Wildman–Crippen MR) is 82.5 cm³/mol. The Morgan fingerprint density at radius 1 is 1.32 bits per heavy atom. The third-order valence-corrected chi connectivity index (χ3v) is 3.65. The van der Waals surface area contributed by atoms with E-state index in [4.69, 9.17) is 9.47 Å². The number of rotatable bonds is 8. The Morgan fingerprint density at radius 2 is 2.09 bits per heavy atom. The molecule has 0 radical (unpaired) electrons. The largest absolute Gasteiger partial charge is 0.447 e. The second-order valence-corrected chi connectivity index (χ2v) is 5.40. The highest BCUT2D eigenvalue weighted by Gasteiger charge is 2.37. The molecule has 1 saturated heterocycles. The molecule has 1 aromatic carbocycles. The SMILES string of the molecule is CCCCOCCC(=O)N1C(=O)OC[C@@H]1Cc1ccccc1. The van der Waals surface area contributed by atoms with E-state index in [1.807, 2.05) is 30.3 Å². The highest BCUT2D eigenvalue weighted by molar-refractivity contribution is 5.93. The standard InChI is InChI=1S/C17H23NO4/c1-2-3-10-21-11-9-16(19)18-15(13-22-17(18)20)12-14-7-5-4-6-8-14/h4-8,15H,2-3,9-13H2,1H3/t15-/m0/s1. The van der Waals surface area contributed by atoms with Crippen LogP contribution in [0.3, 0.4) is 0 Å². The van der Waals surface area contributed by atoms with Crippen LogP contribution in [0.1, 0.15) is 31.7 Å². The van der Waals surface area contributed by atoms with Crippen molar-refractivity contribution in [1.29, 1.82) is 0 Å². The van der Waals surface area contributed by atoms with Gasteiger partial charge in [0, 0.05) is 6.61 Å². The van der Waals surface area contributed by atoms with Crippen molar-refractivity contribution in [2.45, 2.75) is 38.6 Å². The van der Waals surface area contributed by atoms with Crippen molar-refractivity contribution >= 4 is 12.0 Å². The monoisotopic (exact) mass is 305 g/mol. The van der Waals surface area contributed by atoms with Gasteiger partial charge in [0.1, 0.15) is 6.61 Å². The first-order valence-electron chi connectivity index (χ1n) is 7.83. The van der Waals surface area contributed by atoms with Gasteiger partial charge in [-0.3, -0.25) is 4.79 Å². The average Bonchev–Trinajstić information content (AvgIpc) is 2.88. The van der Waals surface area contributed by atoms with Gasteiger partial charge in [0.15, 0.2) is 0 Å². The molecule has 1 heterocycles. The van der Waals surface area contributed by atoms with E-state index in [0.717, 1.165) is 18.4 Å². The van der Waals surface area contributed by atoms with E-state index < -0.39 is 6.09 Å². The number of hydrogen-bond donors (Lipinski definition) is 0. The summed E-state index contributed by atoms with van der Waals surface area (Å²) in [5.74, 6) is -0.222. The summed E-state index contributed by atoms with van der Waals surface area (Å²) in [6, 6.07) is 9.58. The molecule has 1 aromatic rings. The minimum absolute atomic E-state index is 0.212. The Labute approximate surface area is 131 Å². The van der Waals surface area contributed by atoms with Crippen LogP contribution in [0.25, 0.3) is 0 Å². The summed E-state index contributed by atoms with van der Waals surface area (Å²) in [6.07, 6.45) is 2.33.